The first kappa shape index (κ1) is 18.6. The Labute approximate surface area is 163 Å². The molecule has 0 aromatic rings. The van der Waals surface area contributed by atoms with E-state index in [0.29, 0.717) is 36.9 Å². The lowest BCUT2D eigenvalue weighted by Crippen LogP contribution is -2.58. The van der Waals surface area contributed by atoms with E-state index in [2.05, 4.69) is 19.9 Å². The van der Waals surface area contributed by atoms with Gasteiger partial charge in [-0.1, -0.05) is 25.5 Å². The molecule has 27 heavy (non-hydrogen) atoms. The van der Waals surface area contributed by atoms with E-state index in [9.17, 15) is 10.2 Å². The van der Waals surface area contributed by atoms with Gasteiger partial charge >= 0.3 is 0 Å². The number of allylic oxidation sites excluding steroid dienone is 1. The summed E-state index contributed by atoms with van der Waals surface area (Å²) in [6.07, 6.45) is 8.99. The molecule has 3 saturated carbocycles. The maximum Gasteiger partial charge on any atom is 0.172 e. The van der Waals surface area contributed by atoms with Crippen LogP contribution in [0.25, 0.3) is 0 Å². The van der Waals surface area contributed by atoms with Crippen molar-refractivity contribution in [3.05, 3.63) is 11.6 Å². The second-order valence-corrected chi connectivity index (χ2v) is 10.7. The van der Waals surface area contributed by atoms with Crippen LogP contribution in [0.1, 0.15) is 65.7 Å². The van der Waals surface area contributed by atoms with E-state index in [4.69, 9.17) is 9.47 Å². The molecule has 5 unspecified atom stereocenters. The standard InChI is InChI=1S/C23H36O4/c1-14(24)17-6-7-18-16-5-4-15-12-23(26-10-11-27-23)9-8-21(15,2)20(16)19(25)13-22(17,18)3/h4,14,16-20,24-25H,5-13H2,1-3H3/t14?,16?,17?,18?,19-,20?,21-,22+/m0/s1. The third-order valence-corrected chi connectivity index (χ3v) is 9.51. The van der Waals surface area contributed by atoms with E-state index < -0.39 is 5.79 Å². The minimum absolute atomic E-state index is 0.0626. The molecule has 4 nitrogen and oxygen atoms in total. The van der Waals surface area contributed by atoms with Crippen LogP contribution in [0.3, 0.4) is 0 Å². The number of aliphatic hydroxyl groups excluding tert-OH is 2. The number of rotatable bonds is 1. The van der Waals surface area contributed by atoms with Crippen molar-refractivity contribution < 1.29 is 19.7 Å². The number of fused-ring (bicyclic) bond motifs is 5. The third-order valence-electron chi connectivity index (χ3n) is 9.51. The summed E-state index contributed by atoms with van der Waals surface area (Å²) < 4.78 is 12.0. The van der Waals surface area contributed by atoms with Gasteiger partial charge in [0.1, 0.15) is 0 Å². The van der Waals surface area contributed by atoms with Crippen LogP contribution in [0.2, 0.25) is 0 Å². The van der Waals surface area contributed by atoms with Gasteiger partial charge in [-0.3, -0.25) is 0 Å². The highest BCUT2D eigenvalue weighted by Crippen LogP contribution is 2.67. The summed E-state index contributed by atoms with van der Waals surface area (Å²) in [6.45, 7) is 8.10. The summed E-state index contributed by atoms with van der Waals surface area (Å²) >= 11 is 0. The molecule has 0 aromatic heterocycles. The maximum atomic E-state index is 11.4. The summed E-state index contributed by atoms with van der Waals surface area (Å²) in [6, 6.07) is 0. The van der Waals surface area contributed by atoms with Gasteiger partial charge in [0.05, 0.1) is 25.4 Å². The molecule has 1 spiro atoms. The Hall–Kier alpha value is -0.420. The van der Waals surface area contributed by atoms with E-state index in [1.165, 1.54) is 12.0 Å². The van der Waals surface area contributed by atoms with Crippen molar-refractivity contribution in [1.29, 1.82) is 0 Å². The van der Waals surface area contributed by atoms with Crippen LogP contribution >= 0.6 is 0 Å². The van der Waals surface area contributed by atoms with Gasteiger partial charge in [-0.05, 0) is 73.5 Å². The lowest BCUT2D eigenvalue weighted by Gasteiger charge is -2.60. The monoisotopic (exact) mass is 376 g/mol. The second kappa shape index (κ2) is 6.04. The zero-order chi connectivity index (χ0) is 19.0. The summed E-state index contributed by atoms with van der Waals surface area (Å²) in [5.41, 5.74) is 1.60. The van der Waals surface area contributed by atoms with Crippen molar-refractivity contribution in [2.75, 3.05) is 13.2 Å². The summed E-state index contributed by atoms with van der Waals surface area (Å²) in [5, 5.41) is 21.8. The Kier molecular flexibility index (Phi) is 4.16. The van der Waals surface area contributed by atoms with Crippen molar-refractivity contribution in [2.45, 2.75) is 83.7 Å². The Bertz CT molecular complexity index is 636. The molecule has 0 amide bonds. The fourth-order valence-electron chi connectivity index (χ4n) is 8.31. The van der Waals surface area contributed by atoms with E-state index in [1.807, 2.05) is 6.92 Å². The highest BCUT2D eigenvalue weighted by atomic mass is 16.7. The lowest BCUT2D eigenvalue weighted by molar-refractivity contribution is -0.194. The molecule has 4 aliphatic carbocycles. The van der Waals surface area contributed by atoms with Crippen molar-refractivity contribution in [3.8, 4) is 0 Å². The first-order valence-electron chi connectivity index (χ1n) is 11.1. The van der Waals surface area contributed by atoms with Gasteiger partial charge in [-0.2, -0.15) is 0 Å². The van der Waals surface area contributed by atoms with Crippen molar-refractivity contribution >= 4 is 0 Å². The van der Waals surface area contributed by atoms with E-state index in [0.717, 1.165) is 38.5 Å². The third kappa shape index (κ3) is 2.49. The van der Waals surface area contributed by atoms with E-state index in [1.54, 1.807) is 0 Å². The average Bonchev–Trinajstić information content (AvgIpc) is 3.19. The number of aliphatic hydroxyl groups is 2. The Morgan fingerprint density at radius 2 is 1.89 bits per heavy atom. The van der Waals surface area contributed by atoms with Crippen LogP contribution in [0.4, 0.5) is 0 Å². The van der Waals surface area contributed by atoms with Crippen LogP contribution in [0.15, 0.2) is 11.6 Å². The number of hydrogen-bond acceptors (Lipinski definition) is 4. The van der Waals surface area contributed by atoms with Crippen LogP contribution in [0, 0.1) is 34.5 Å². The molecular formula is C23H36O4. The Morgan fingerprint density at radius 3 is 2.59 bits per heavy atom. The minimum Gasteiger partial charge on any atom is -0.393 e. The molecule has 1 aliphatic heterocycles. The zero-order valence-electron chi connectivity index (χ0n) is 17.1. The minimum atomic E-state index is -0.392. The fourth-order valence-corrected chi connectivity index (χ4v) is 8.31. The summed E-state index contributed by atoms with van der Waals surface area (Å²) in [7, 11) is 0. The Balaban J connectivity index is 1.48. The first-order valence-corrected chi connectivity index (χ1v) is 11.1. The summed E-state index contributed by atoms with van der Waals surface area (Å²) in [4.78, 5) is 0. The summed E-state index contributed by atoms with van der Waals surface area (Å²) in [5.74, 6) is 1.43. The smallest absolute Gasteiger partial charge is 0.172 e. The zero-order valence-corrected chi connectivity index (χ0v) is 17.1. The topological polar surface area (TPSA) is 58.9 Å². The molecule has 8 atom stereocenters. The number of hydrogen-bond donors (Lipinski definition) is 2. The van der Waals surface area contributed by atoms with Gasteiger partial charge in [0.2, 0.25) is 0 Å². The van der Waals surface area contributed by atoms with Gasteiger partial charge < -0.3 is 19.7 Å². The predicted octanol–water partition coefficient (Wildman–Crippen LogP) is 3.66. The highest BCUT2D eigenvalue weighted by molar-refractivity contribution is 5.27. The number of ether oxygens (including phenoxy) is 2. The van der Waals surface area contributed by atoms with Crippen LogP contribution in [0.5, 0.6) is 0 Å². The normalized spacial score (nSPS) is 52.0. The van der Waals surface area contributed by atoms with Gasteiger partial charge in [-0.25, -0.2) is 0 Å². The van der Waals surface area contributed by atoms with Crippen LogP contribution in [-0.2, 0) is 9.47 Å². The van der Waals surface area contributed by atoms with E-state index in [-0.39, 0.29) is 23.0 Å². The van der Waals surface area contributed by atoms with Gasteiger partial charge in [-0.15, -0.1) is 0 Å². The molecule has 5 rings (SSSR count). The quantitative estimate of drug-likeness (QED) is 0.686. The van der Waals surface area contributed by atoms with Crippen molar-refractivity contribution in [2.24, 2.45) is 34.5 Å². The van der Waals surface area contributed by atoms with Gasteiger partial charge in [0.15, 0.2) is 5.79 Å². The van der Waals surface area contributed by atoms with Crippen molar-refractivity contribution in [3.63, 3.8) is 0 Å². The molecule has 0 bridgehead atoms. The van der Waals surface area contributed by atoms with E-state index >= 15 is 0 Å². The first-order chi connectivity index (χ1) is 12.8. The fraction of sp³-hybridized carbons (Fsp3) is 0.913. The molecule has 2 N–H and O–H groups in total. The molecule has 0 aromatic carbocycles. The maximum absolute atomic E-state index is 11.4. The van der Waals surface area contributed by atoms with Crippen LogP contribution in [-0.4, -0.2) is 41.4 Å². The molecule has 0 radical (unpaired) electrons. The average molecular weight is 377 g/mol. The van der Waals surface area contributed by atoms with Gasteiger partial charge in [0.25, 0.3) is 0 Å². The highest BCUT2D eigenvalue weighted by Gasteiger charge is 2.63. The van der Waals surface area contributed by atoms with Crippen LogP contribution < -0.4 is 0 Å². The molecule has 5 aliphatic rings. The predicted molar refractivity (Wildman–Crippen MR) is 103 cm³/mol. The molecule has 152 valence electrons. The largest absolute Gasteiger partial charge is 0.393 e. The second-order valence-electron chi connectivity index (χ2n) is 10.7. The molecule has 1 saturated heterocycles. The lowest BCUT2D eigenvalue weighted by atomic mass is 9.46. The SMILES string of the molecule is CC(O)C1CCC2C3CC=C4CC5(CC[C@]4(C)C3[C@@H](O)C[C@]12C)OCCO5. The molecule has 4 fully saturated rings. The van der Waals surface area contributed by atoms with Gasteiger partial charge in [0, 0.05) is 12.8 Å². The molecule has 1 heterocycles. The molecular weight excluding hydrogens is 340 g/mol. The van der Waals surface area contributed by atoms with Crippen molar-refractivity contribution in [1.82, 2.24) is 0 Å². The molecule has 4 heteroatoms. The Morgan fingerprint density at radius 1 is 1.15 bits per heavy atom.